The summed E-state index contributed by atoms with van der Waals surface area (Å²) >= 11 is 0. The van der Waals surface area contributed by atoms with Crippen LogP contribution in [-0.4, -0.2) is 0 Å². The SMILES string of the molecule is C=C(c1ccccc1)c1c(N)cc(CCCC)[n+](CCCC)c1CCCC. The zero-order chi connectivity index (χ0) is 19.6. The summed E-state index contributed by atoms with van der Waals surface area (Å²) in [5.41, 5.74) is 13.6. The number of nitrogen functional groups attached to an aromatic ring is 1. The molecule has 0 bridgehead atoms. The highest BCUT2D eigenvalue weighted by molar-refractivity contribution is 5.84. The van der Waals surface area contributed by atoms with E-state index in [2.05, 4.69) is 62.2 Å². The Bertz CT molecular complexity index is 732. The van der Waals surface area contributed by atoms with Crippen LogP contribution in [0.15, 0.2) is 43.0 Å². The summed E-state index contributed by atoms with van der Waals surface area (Å²) in [5, 5.41) is 0. The van der Waals surface area contributed by atoms with Gasteiger partial charge < -0.3 is 5.73 Å². The lowest BCUT2D eigenvalue weighted by atomic mass is 9.93. The fourth-order valence-electron chi connectivity index (χ4n) is 3.70. The number of hydrogen-bond acceptors (Lipinski definition) is 1. The van der Waals surface area contributed by atoms with E-state index < -0.39 is 0 Å². The van der Waals surface area contributed by atoms with Crippen LogP contribution in [0.1, 0.15) is 81.8 Å². The molecule has 146 valence electrons. The van der Waals surface area contributed by atoms with Gasteiger partial charge in [0.2, 0.25) is 0 Å². The van der Waals surface area contributed by atoms with Gasteiger partial charge in [0.05, 0.1) is 11.3 Å². The average molecular weight is 366 g/mol. The highest BCUT2D eigenvalue weighted by Gasteiger charge is 2.25. The maximum absolute atomic E-state index is 6.63. The Hall–Kier alpha value is -2.09. The van der Waals surface area contributed by atoms with E-state index in [4.69, 9.17) is 5.73 Å². The monoisotopic (exact) mass is 365 g/mol. The van der Waals surface area contributed by atoms with Gasteiger partial charge in [0.15, 0.2) is 11.4 Å². The molecule has 0 aliphatic heterocycles. The van der Waals surface area contributed by atoms with Crippen LogP contribution in [0.3, 0.4) is 0 Å². The molecule has 0 saturated carbocycles. The van der Waals surface area contributed by atoms with Gasteiger partial charge in [-0.15, -0.1) is 0 Å². The van der Waals surface area contributed by atoms with Crippen molar-refractivity contribution in [2.75, 3.05) is 5.73 Å². The minimum atomic E-state index is 0.883. The smallest absolute Gasteiger partial charge is 0.191 e. The molecule has 0 amide bonds. The van der Waals surface area contributed by atoms with E-state index in [0.717, 1.165) is 41.8 Å². The highest BCUT2D eigenvalue weighted by atomic mass is 15.0. The predicted molar refractivity (Wildman–Crippen MR) is 118 cm³/mol. The van der Waals surface area contributed by atoms with Gasteiger partial charge in [-0.1, -0.05) is 76.9 Å². The molecule has 0 aliphatic rings. The van der Waals surface area contributed by atoms with Gasteiger partial charge in [0, 0.05) is 25.3 Å². The van der Waals surface area contributed by atoms with Gasteiger partial charge >= 0.3 is 0 Å². The molecule has 2 heteroatoms. The van der Waals surface area contributed by atoms with E-state index >= 15 is 0 Å². The minimum absolute atomic E-state index is 0.883. The molecule has 0 spiro atoms. The topological polar surface area (TPSA) is 29.9 Å². The fraction of sp³-hybridized carbons (Fsp3) is 0.480. The summed E-state index contributed by atoms with van der Waals surface area (Å²) in [6.45, 7) is 12.3. The number of unbranched alkanes of at least 4 members (excludes halogenated alkanes) is 3. The van der Waals surface area contributed by atoms with Crippen molar-refractivity contribution in [3.8, 4) is 0 Å². The summed E-state index contributed by atoms with van der Waals surface area (Å²) in [5.74, 6) is 0. The number of rotatable bonds is 11. The minimum Gasteiger partial charge on any atom is -0.398 e. The maximum Gasteiger partial charge on any atom is 0.191 e. The van der Waals surface area contributed by atoms with Crippen LogP contribution in [0.5, 0.6) is 0 Å². The second-order valence-corrected chi connectivity index (χ2v) is 7.47. The highest BCUT2D eigenvalue weighted by Crippen LogP contribution is 2.30. The van der Waals surface area contributed by atoms with Crippen LogP contribution < -0.4 is 10.3 Å². The Labute approximate surface area is 166 Å². The number of aromatic nitrogens is 1. The normalized spacial score (nSPS) is 10.9. The van der Waals surface area contributed by atoms with Gasteiger partial charge in [-0.2, -0.15) is 4.57 Å². The lowest BCUT2D eigenvalue weighted by molar-refractivity contribution is -0.711. The van der Waals surface area contributed by atoms with Gasteiger partial charge in [-0.25, -0.2) is 0 Å². The summed E-state index contributed by atoms with van der Waals surface area (Å²) in [4.78, 5) is 0. The Morgan fingerprint density at radius 2 is 1.56 bits per heavy atom. The van der Waals surface area contributed by atoms with Crippen LogP contribution in [0.25, 0.3) is 5.57 Å². The van der Waals surface area contributed by atoms with E-state index in [9.17, 15) is 0 Å². The molecule has 1 aromatic carbocycles. The van der Waals surface area contributed by atoms with Gasteiger partial charge in [0.1, 0.15) is 6.54 Å². The number of aryl methyl sites for hydroxylation is 1. The van der Waals surface area contributed by atoms with Crippen LogP contribution >= 0.6 is 0 Å². The predicted octanol–water partition coefficient (Wildman–Crippen LogP) is 6.10. The first-order chi connectivity index (χ1) is 13.1. The molecule has 2 nitrogen and oxygen atoms in total. The van der Waals surface area contributed by atoms with E-state index in [1.807, 2.05) is 6.07 Å². The molecule has 0 radical (unpaired) electrons. The molecule has 0 aliphatic carbocycles. The molecule has 2 N–H and O–H groups in total. The maximum atomic E-state index is 6.63. The van der Waals surface area contributed by atoms with Crippen molar-refractivity contribution in [1.29, 1.82) is 0 Å². The van der Waals surface area contributed by atoms with Gasteiger partial charge in [-0.05, 0) is 24.0 Å². The summed E-state index contributed by atoms with van der Waals surface area (Å²) < 4.78 is 2.56. The molecule has 0 saturated heterocycles. The number of pyridine rings is 1. The Morgan fingerprint density at radius 3 is 2.19 bits per heavy atom. The number of hydrogen-bond donors (Lipinski definition) is 1. The number of benzene rings is 1. The molecule has 1 heterocycles. The quantitative estimate of drug-likeness (QED) is 0.479. The molecule has 1 aromatic heterocycles. The van der Waals surface area contributed by atoms with E-state index in [1.54, 1.807) is 0 Å². The fourth-order valence-corrected chi connectivity index (χ4v) is 3.70. The second-order valence-electron chi connectivity index (χ2n) is 7.47. The third kappa shape index (κ3) is 5.45. The summed E-state index contributed by atoms with van der Waals surface area (Å²) in [6, 6.07) is 12.7. The third-order valence-electron chi connectivity index (χ3n) is 5.28. The van der Waals surface area contributed by atoms with Crippen LogP contribution in [0, 0.1) is 0 Å². The number of nitrogens with two attached hydrogens (primary N) is 1. The van der Waals surface area contributed by atoms with E-state index in [0.29, 0.717) is 0 Å². The lowest BCUT2D eigenvalue weighted by Gasteiger charge is -2.17. The van der Waals surface area contributed by atoms with Gasteiger partial charge in [0.25, 0.3) is 0 Å². The first-order valence-corrected chi connectivity index (χ1v) is 10.7. The van der Waals surface area contributed by atoms with E-state index in [1.165, 1.54) is 49.9 Å². The van der Waals surface area contributed by atoms with E-state index in [-0.39, 0.29) is 0 Å². The Balaban J connectivity index is 2.60. The molecule has 0 unspecified atom stereocenters. The van der Waals surface area contributed by atoms with Crippen molar-refractivity contribution < 1.29 is 4.57 Å². The van der Waals surface area contributed by atoms with Crippen LogP contribution in [-0.2, 0) is 19.4 Å². The second kappa shape index (κ2) is 10.9. The van der Waals surface area contributed by atoms with Crippen molar-refractivity contribution in [1.82, 2.24) is 0 Å². The Kier molecular flexibility index (Phi) is 8.57. The van der Waals surface area contributed by atoms with Crippen molar-refractivity contribution in [2.45, 2.75) is 78.7 Å². The molecular weight excluding hydrogens is 328 g/mol. The zero-order valence-corrected chi connectivity index (χ0v) is 17.6. The third-order valence-corrected chi connectivity index (χ3v) is 5.28. The zero-order valence-electron chi connectivity index (χ0n) is 17.6. The van der Waals surface area contributed by atoms with Crippen molar-refractivity contribution >= 4 is 11.3 Å². The lowest BCUT2D eigenvalue weighted by Crippen LogP contribution is -2.44. The molecule has 0 fully saturated rings. The summed E-state index contributed by atoms with van der Waals surface area (Å²) in [7, 11) is 0. The summed E-state index contributed by atoms with van der Waals surface area (Å²) in [6.07, 6.45) is 9.33. The van der Waals surface area contributed by atoms with Crippen LogP contribution in [0.4, 0.5) is 5.69 Å². The molecule has 2 rings (SSSR count). The molecular formula is C25H37N2+. The van der Waals surface area contributed by atoms with Gasteiger partial charge in [-0.3, -0.25) is 0 Å². The molecule has 27 heavy (non-hydrogen) atoms. The first kappa shape index (κ1) is 21.2. The average Bonchev–Trinajstić information content (AvgIpc) is 2.69. The Morgan fingerprint density at radius 1 is 0.926 bits per heavy atom. The van der Waals surface area contributed by atoms with Crippen molar-refractivity contribution in [3.05, 3.63) is 65.5 Å². The molecule has 0 atom stereocenters. The largest absolute Gasteiger partial charge is 0.398 e. The number of nitrogens with zero attached hydrogens (tertiary/aromatic N) is 1. The standard InChI is InChI=1S/C25H36N2/c1-5-8-16-22-19-23(26)25(20(4)21-14-12-11-13-15-21)24(17-9-6-2)27(22)18-10-7-3/h11-15,19,26H,4-10,16-18H2,1-3H3/p+1. The van der Waals surface area contributed by atoms with Crippen molar-refractivity contribution in [3.63, 3.8) is 0 Å². The number of anilines is 1. The van der Waals surface area contributed by atoms with Crippen LogP contribution in [0.2, 0.25) is 0 Å². The van der Waals surface area contributed by atoms with Crippen molar-refractivity contribution in [2.24, 2.45) is 0 Å². The molecule has 2 aromatic rings. The first-order valence-electron chi connectivity index (χ1n) is 10.7.